The van der Waals surface area contributed by atoms with Gasteiger partial charge in [-0.3, -0.25) is 0 Å². The lowest BCUT2D eigenvalue weighted by molar-refractivity contribution is 0.187. The SMILES string of the molecule is NCC(O)c1ccccc1-c1c[nH]c(=O)[nH]1. The highest BCUT2D eigenvalue weighted by Crippen LogP contribution is 2.25. The third-order valence-corrected chi connectivity index (χ3v) is 2.43. The molecule has 0 saturated heterocycles. The number of H-pyrrole nitrogens is 2. The number of hydrogen-bond acceptors (Lipinski definition) is 3. The summed E-state index contributed by atoms with van der Waals surface area (Å²) in [5, 5.41) is 9.75. The van der Waals surface area contributed by atoms with Gasteiger partial charge in [-0.05, 0) is 5.56 Å². The Morgan fingerprint density at radius 3 is 2.75 bits per heavy atom. The Balaban J connectivity index is 2.52. The monoisotopic (exact) mass is 219 g/mol. The third kappa shape index (κ3) is 1.91. The van der Waals surface area contributed by atoms with Crippen molar-refractivity contribution in [3.05, 3.63) is 46.5 Å². The Bertz CT molecular complexity index is 530. The number of aromatic amines is 2. The fourth-order valence-electron chi connectivity index (χ4n) is 1.64. The molecule has 0 aliphatic rings. The van der Waals surface area contributed by atoms with Gasteiger partial charge >= 0.3 is 5.69 Å². The zero-order valence-electron chi connectivity index (χ0n) is 8.60. The second kappa shape index (κ2) is 4.34. The Labute approximate surface area is 91.9 Å². The van der Waals surface area contributed by atoms with Crippen LogP contribution in [0.4, 0.5) is 0 Å². The molecular weight excluding hydrogens is 206 g/mol. The van der Waals surface area contributed by atoms with Crippen LogP contribution in [0.15, 0.2) is 35.3 Å². The van der Waals surface area contributed by atoms with E-state index in [0.717, 1.165) is 5.56 Å². The van der Waals surface area contributed by atoms with E-state index in [4.69, 9.17) is 5.73 Å². The van der Waals surface area contributed by atoms with Gasteiger partial charge in [0.1, 0.15) is 0 Å². The number of benzene rings is 1. The maximum absolute atomic E-state index is 11.0. The predicted octanol–water partition coefficient (Wildman–Crippen LogP) is 0.362. The first-order valence-electron chi connectivity index (χ1n) is 4.97. The molecule has 84 valence electrons. The predicted molar refractivity (Wildman–Crippen MR) is 60.9 cm³/mol. The fraction of sp³-hybridized carbons (Fsp3) is 0.182. The molecule has 0 radical (unpaired) electrons. The summed E-state index contributed by atoms with van der Waals surface area (Å²) in [5.74, 6) is 0. The minimum Gasteiger partial charge on any atom is -0.387 e. The lowest BCUT2D eigenvalue weighted by atomic mass is 10.0. The Kier molecular flexibility index (Phi) is 2.89. The number of aromatic nitrogens is 2. The van der Waals surface area contributed by atoms with Crippen molar-refractivity contribution in [3.8, 4) is 11.3 Å². The molecular formula is C11H13N3O2. The summed E-state index contributed by atoms with van der Waals surface area (Å²) >= 11 is 0. The van der Waals surface area contributed by atoms with E-state index in [0.29, 0.717) is 11.3 Å². The molecule has 0 fully saturated rings. The highest BCUT2D eigenvalue weighted by atomic mass is 16.3. The van der Waals surface area contributed by atoms with E-state index in [-0.39, 0.29) is 12.2 Å². The van der Waals surface area contributed by atoms with Gasteiger partial charge in [-0.2, -0.15) is 0 Å². The van der Waals surface area contributed by atoms with E-state index in [2.05, 4.69) is 9.97 Å². The smallest absolute Gasteiger partial charge is 0.323 e. The second-order valence-corrected chi connectivity index (χ2v) is 3.50. The first kappa shape index (κ1) is 10.7. The van der Waals surface area contributed by atoms with E-state index in [1.54, 1.807) is 12.3 Å². The van der Waals surface area contributed by atoms with Gasteiger partial charge in [0, 0.05) is 18.3 Å². The maximum Gasteiger partial charge on any atom is 0.323 e. The molecule has 1 aromatic carbocycles. The van der Waals surface area contributed by atoms with Gasteiger partial charge in [0.2, 0.25) is 0 Å². The van der Waals surface area contributed by atoms with Gasteiger partial charge in [0.05, 0.1) is 11.8 Å². The minimum atomic E-state index is -0.727. The molecule has 1 aromatic heterocycles. The summed E-state index contributed by atoms with van der Waals surface area (Å²) in [5.41, 5.74) is 7.29. The molecule has 0 aliphatic heterocycles. The van der Waals surface area contributed by atoms with Gasteiger partial charge in [-0.1, -0.05) is 24.3 Å². The number of nitrogens with two attached hydrogens (primary N) is 1. The van der Waals surface area contributed by atoms with Crippen LogP contribution < -0.4 is 11.4 Å². The highest BCUT2D eigenvalue weighted by molar-refractivity contribution is 5.63. The van der Waals surface area contributed by atoms with Crippen molar-refractivity contribution in [3.63, 3.8) is 0 Å². The summed E-state index contributed by atoms with van der Waals surface area (Å²) in [6.45, 7) is 0.145. The van der Waals surface area contributed by atoms with Crippen LogP contribution in [0.3, 0.4) is 0 Å². The molecule has 0 spiro atoms. The number of nitrogens with one attached hydrogen (secondary N) is 2. The molecule has 0 bridgehead atoms. The van der Waals surface area contributed by atoms with Crippen molar-refractivity contribution in [2.45, 2.75) is 6.10 Å². The lowest BCUT2D eigenvalue weighted by Crippen LogP contribution is -2.12. The highest BCUT2D eigenvalue weighted by Gasteiger charge is 2.12. The molecule has 5 heteroatoms. The van der Waals surface area contributed by atoms with E-state index >= 15 is 0 Å². The van der Waals surface area contributed by atoms with E-state index < -0.39 is 6.10 Å². The molecule has 0 saturated carbocycles. The largest absolute Gasteiger partial charge is 0.387 e. The van der Waals surface area contributed by atoms with Crippen molar-refractivity contribution < 1.29 is 5.11 Å². The van der Waals surface area contributed by atoms with Crippen molar-refractivity contribution in [2.24, 2.45) is 5.73 Å². The zero-order valence-corrected chi connectivity index (χ0v) is 8.60. The summed E-state index contributed by atoms with van der Waals surface area (Å²) in [6, 6.07) is 7.28. The number of rotatable bonds is 3. The topological polar surface area (TPSA) is 94.9 Å². The van der Waals surface area contributed by atoms with Crippen molar-refractivity contribution in [2.75, 3.05) is 6.54 Å². The lowest BCUT2D eigenvalue weighted by Gasteiger charge is -2.12. The molecule has 5 N–H and O–H groups in total. The van der Waals surface area contributed by atoms with Gasteiger partial charge in [-0.25, -0.2) is 4.79 Å². The van der Waals surface area contributed by atoms with Crippen LogP contribution in [0.25, 0.3) is 11.3 Å². The van der Waals surface area contributed by atoms with Crippen molar-refractivity contribution in [1.29, 1.82) is 0 Å². The quantitative estimate of drug-likeness (QED) is 0.600. The number of aliphatic hydroxyl groups excluding tert-OH is 1. The second-order valence-electron chi connectivity index (χ2n) is 3.50. The molecule has 1 atom stereocenters. The van der Waals surface area contributed by atoms with Crippen LogP contribution in [0, 0.1) is 0 Å². The van der Waals surface area contributed by atoms with Gasteiger partial charge in [0.25, 0.3) is 0 Å². The first-order chi connectivity index (χ1) is 7.72. The first-order valence-corrected chi connectivity index (χ1v) is 4.97. The van der Waals surface area contributed by atoms with E-state index in [1.807, 2.05) is 18.2 Å². The summed E-state index contributed by atoms with van der Waals surface area (Å²) in [4.78, 5) is 16.2. The summed E-state index contributed by atoms with van der Waals surface area (Å²) in [7, 11) is 0. The van der Waals surface area contributed by atoms with Crippen molar-refractivity contribution >= 4 is 0 Å². The Morgan fingerprint density at radius 2 is 2.12 bits per heavy atom. The summed E-state index contributed by atoms with van der Waals surface area (Å²) < 4.78 is 0. The van der Waals surface area contributed by atoms with Crippen LogP contribution in [0.2, 0.25) is 0 Å². The Morgan fingerprint density at radius 1 is 1.38 bits per heavy atom. The van der Waals surface area contributed by atoms with Gasteiger partial charge in [-0.15, -0.1) is 0 Å². The van der Waals surface area contributed by atoms with Crippen molar-refractivity contribution in [1.82, 2.24) is 9.97 Å². The standard InChI is InChI=1S/C11H13N3O2/c12-5-10(15)8-4-2-1-3-7(8)9-6-13-11(16)14-9/h1-4,6,10,15H,5,12H2,(H2,13,14,16). The minimum absolute atomic E-state index is 0.145. The van der Waals surface area contributed by atoms with Gasteiger partial charge in [0.15, 0.2) is 0 Å². The van der Waals surface area contributed by atoms with Gasteiger partial charge < -0.3 is 20.8 Å². The van der Waals surface area contributed by atoms with Crippen LogP contribution in [0.5, 0.6) is 0 Å². The number of hydrogen-bond donors (Lipinski definition) is 4. The van der Waals surface area contributed by atoms with Crippen LogP contribution in [-0.4, -0.2) is 21.6 Å². The summed E-state index contributed by atoms with van der Waals surface area (Å²) in [6.07, 6.45) is 0.847. The third-order valence-electron chi connectivity index (χ3n) is 2.43. The molecule has 16 heavy (non-hydrogen) atoms. The zero-order chi connectivity index (χ0) is 11.5. The number of aliphatic hydroxyl groups is 1. The Hall–Kier alpha value is -1.85. The van der Waals surface area contributed by atoms with E-state index in [1.165, 1.54) is 0 Å². The molecule has 0 amide bonds. The molecule has 1 heterocycles. The average Bonchev–Trinajstić information content (AvgIpc) is 2.75. The molecule has 2 aromatic rings. The normalized spacial score (nSPS) is 12.6. The van der Waals surface area contributed by atoms with Crippen LogP contribution >= 0.6 is 0 Å². The average molecular weight is 219 g/mol. The van der Waals surface area contributed by atoms with Crippen LogP contribution in [-0.2, 0) is 0 Å². The fourth-order valence-corrected chi connectivity index (χ4v) is 1.64. The molecule has 1 unspecified atom stereocenters. The van der Waals surface area contributed by atoms with E-state index in [9.17, 15) is 9.90 Å². The molecule has 2 rings (SSSR count). The maximum atomic E-state index is 11.0. The molecule has 0 aliphatic carbocycles. The number of imidazole rings is 1. The molecule has 5 nitrogen and oxygen atoms in total. The van der Waals surface area contributed by atoms with Crippen LogP contribution in [0.1, 0.15) is 11.7 Å².